The van der Waals surface area contributed by atoms with Crippen molar-refractivity contribution in [2.75, 3.05) is 0 Å². The summed E-state index contributed by atoms with van der Waals surface area (Å²) in [5, 5.41) is 4.88. The quantitative estimate of drug-likeness (QED) is 0.868. The lowest BCUT2D eigenvalue weighted by Gasteiger charge is -2.23. The molecule has 2 aromatic carbocycles. The van der Waals surface area contributed by atoms with Crippen molar-refractivity contribution in [2.24, 2.45) is 0 Å². The molecule has 2 rings (SSSR count). The smallest absolute Gasteiger partial charge is 0.408 e. The fourth-order valence-electron chi connectivity index (χ4n) is 2.36. The van der Waals surface area contributed by atoms with Crippen molar-refractivity contribution < 1.29 is 14.3 Å². The van der Waals surface area contributed by atoms with Crippen LogP contribution in [0.1, 0.15) is 38.8 Å². The number of amides is 1. The van der Waals surface area contributed by atoms with Gasteiger partial charge in [0.05, 0.1) is 6.04 Å². The summed E-state index contributed by atoms with van der Waals surface area (Å²) in [4.78, 5) is 23.0. The van der Waals surface area contributed by atoms with E-state index in [0.717, 1.165) is 22.6 Å². The van der Waals surface area contributed by atoms with Gasteiger partial charge in [0, 0.05) is 6.42 Å². The number of benzene rings is 2. The fourth-order valence-corrected chi connectivity index (χ4v) is 2.36. The van der Waals surface area contributed by atoms with E-state index in [0.29, 0.717) is 0 Å². The highest BCUT2D eigenvalue weighted by atomic mass is 16.6. The SMILES string of the molecule is CC(C)(C)OC(=O)N[C@@H](CC=O)c1cccc2ccccc12. The molecule has 0 spiro atoms. The summed E-state index contributed by atoms with van der Waals surface area (Å²) >= 11 is 0. The number of hydrogen-bond acceptors (Lipinski definition) is 3. The van der Waals surface area contributed by atoms with Crippen molar-refractivity contribution in [1.82, 2.24) is 5.32 Å². The van der Waals surface area contributed by atoms with Crippen molar-refractivity contribution >= 4 is 23.2 Å². The first-order chi connectivity index (χ1) is 10.4. The Hall–Kier alpha value is -2.36. The Labute approximate surface area is 130 Å². The third-order valence-corrected chi connectivity index (χ3v) is 3.22. The fraction of sp³-hybridized carbons (Fsp3) is 0.333. The topological polar surface area (TPSA) is 55.4 Å². The molecule has 22 heavy (non-hydrogen) atoms. The molecule has 0 aromatic heterocycles. The Kier molecular flexibility index (Phi) is 4.81. The number of hydrogen-bond donors (Lipinski definition) is 1. The molecule has 4 heteroatoms. The maximum Gasteiger partial charge on any atom is 0.408 e. The van der Waals surface area contributed by atoms with Gasteiger partial charge in [-0.05, 0) is 37.1 Å². The molecule has 0 unspecified atom stereocenters. The van der Waals surface area contributed by atoms with Crippen molar-refractivity contribution in [3.8, 4) is 0 Å². The van der Waals surface area contributed by atoms with Crippen LogP contribution in [0, 0.1) is 0 Å². The lowest BCUT2D eigenvalue weighted by molar-refractivity contribution is -0.108. The predicted octanol–water partition coefficient (Wildman–Crippen LogP) is 3.99. The van der Waals surface area contributed by atoms with Gasteiger partial charge in [-0.25, -0.2) is 4.79 Å². The van der Waals surface area contributed by atoms with Gasteiger partial charge in [0.25, 0.3) is 0 Å². The highest BCUT2D eigenvalue weighted by Crippen LogP contribution is 2.26. The van der Waals surface area contributed by atoms with E-state index in [1.165, 1.54) is 0 Å². The molecular formula is C18H21NO3. The molecule has 4 nitrogen and oxygen atoms in total. The van der Waals surface area contributed by atoms with Crippen LogP contribution in [0.15, 0.2) is 42.5 Å². The van der Waals surface area contributed by atoms with E-state index in [-0.39, 0.29) is 6.42 Å². The third-order valence-electron chi connectivity index (χ3n) is 3.22. The van der Waals surface area contributed by atoms with Crippen molar-refractivity contribution in [3.63, 3.8) is 0 Å². The second-order valence-electron chi connectivity index (χ2n) is 6.17. The highest BCUT2D eigenvalue weighted by Gasteiger charge is 2.21. The molecule has 0 fully saturated rings. The van der Waals surface area contributed by atoms with E-state index in [1.807, 2.05) is 42.5 Å². The minimum absolute atomic E-state index is 0.202. The van der Waals surface area contributed by atoms with Gasteiger partial charge in [-0.3, -0.25) is 0 Å². The van der Waals surface area contributed by atoms with Crippen LogP contribution < -0.4 is 5.32 Å². The molecule has 0 aliphatic carbocycles. The molecule has 1 atom stereocenters. The summed E-state index contributed by atoms with van der Waals surface area (Å²) < 4.78 is 5.28. The zero-order valence-corrected chi connectivity index (χ0v) is 13.1. The number of carbonyl (C=O) groups is 2. The Morgan fingerprint density at radius 1 is 1.18 bits per heavy atom. The Bertz CT molecular complexity index is 668. The number of carbonyl (C=O) groups excluding carboxylic acids is 2. The molecule has 0 saturated heterocycles. The van der Waals surface area contributed by atoms with E-state index in [4.69, 9.17) is 4.74 Å². The lowest BCUT2D eigenvalue weighted by Crippen LogP contribution is -2.35. The van der Waals surface area contributed by atoms with Gasteiger partial charge in [-0.15, -0.1) is 0 Å². The molecule has 0 saturated carbocycles. The van der Waals surface area contributed by atoms with E-state index in [9.17, 15) is 9.59 Å². The largest absolute Gasteiger partial charge is 0.444 e. The third kappa shape index (κ3) is 4.07. The Balaban J connectivity index is 2.30. The normalized spacial score (nSPS) is 12.7. The zero-order chi connectivity index (χ0) is 16.2. The minimum atomic E-state index is -0.575. The van der Waals surface area contributed by atoms with E-state index < -0.39 is 17.7 Å². The van der Waals surface area contributed by atoms with Crippen LogP contribution in [0.5, 0.6) is 0 Å². The summed E-state index contributed by atoms with van der Waals surface area (Å²) in [7, 11) is 0. The zero-order valence-electron chi connectivity index (χ0n) is 13.1. The van der Waals surface area contributed by atoms with Gasteiger partial charge in [0.15, 0.2) is 0 Å². The van der Waals surface area contributed by atoms with E-state index >= 15 is 0 Å². The summed E-state index contributed by atoms with van der Waals surface area (Å²) in [6.07, 6.45) is 0.490. The summed E-state index contributed by atoms with van der Waals surface area (Å²) in [5.41, 5.74) is 0.338. The van der Waals surface area contributed by atoms with Crippen molar-refractivity contribution in [1.29, 1.82) is 0 Å². The predicted molar refractivity (Wildman–Crippen MR) is 86.7 cm³/mol. The van der Waals surface area contributed by atoms with Crippen LogP contribution in [0.2, 0.25) is 0 Å². The average molecular weight is 299 g/mol. The molecule has 0 heterocycles. The van der Waals surface area contributed by atoms with E-state index in [1.54, 1.807) is 20.8 Å². The summed E-state index contributed by atoms with van der Waals surface area (Å²) in [6, 6.07) is 13.3. The summed E-state index contributed by atoms with van der Waals surface area (Å²) in [5.74, 6) is 0. The van der Waals surface area contributed by atoms with Crippen LogP contribution >= 0.6 is 0 Å². The van der Waals surface area contributed by atoms with Gasteiger partial charge in [-0.2, -0.15) is 0 Å². The molecule has 116 valence electrons. The second-order valence-corrected chi connectivity index (χ2v) is 6.17. The van der Waals surface area contributed by atoms with Gasteiger partial charge in [0.1, 0.15) is 11.9 Å². The number of nitrogens with one attached hydrogen (secondary N) is 1. The molecule has 1 amide bonds. The van der Waals surface area contributed by atoms with Crippen LogP contribution in [-0.4, -0.2) is 18.0 Å². The average Bonchev–Trinajstić information content (AvgIpc) is 2.44. The van der Waals surface area contributed by atoms with Gasteiger partial charge in [-0.1, -0.05) is 42.5 Å². The Morgan fingerprint density at radius 2 is 1.86 bits per heavy atom. The number of fused-ring (bicyclic) bond motifs is 1. The summed E-state index contributed by atoms with van der Waals surface area (Å²) in [6.45, 7) is 5.41. The van der Waals surface area contributed by atoms with Crippen molar-refractivity contribution in [3.05, 3.63) is 48.0 Å². The van der Waals surface area contributed by atoms with Gasteiger partial charge >= 0.3 is 6.09 Å². The van der Waals surface area contributed by atoms with Crippen LogP contribution in [0.4, 0.5) is 4.79 Å². The molecule has 0 radical (unpaired) electrons. The number of rotatable bonds is 4. The number of ether oxygens (including phenoxy) is 1. The molecule has 0 bridgehead atoms. The number of alkyl carbamates (subject to hydrolysis) is 1. The van der Waals surface area contributed by atoms with Gasteiger partial charge in [0.2, 0.25) is 0 Å². The van der Waals surface area contributed by atoms with Gasteiger partial charge < -0.3 is 14.8 Å². The second kappa shape index (κ2) is 6.60. The van der Waals surface area contributed by atoms with Crippen LogP contribution in [0.3, 0.4) is 0 Å². The number of aldehydes is 1. The minimum Gasteiger partial charge on any atom is -0.444 e. The molecule has 0 aliphatic rings. The first kappa shape index (κ1) is 16.0. The molecule has 2 aromatic rings. The lowest BCUT2D eigenvalue weighted by atomic mass is 9.97. The monoisotopic (exact) mass is 299 g/mol. The standard InChI is InChI=1S/C18H21NO3/c1-18(2,3)22-17(21)19-16(11-12-20)15-10-6-8-13-7-4-5-9-14(13)15/h4-10,12,16H,11H2,1-3H3,(H,19,21)/t16-/m0/s1. The first-order valence-corrected chi connectivity index (χ1v) is 7.31. The molecule has 1 N–H and O–H groups in total. The maximum absolute atomic E-state index is 12.0. The van der Waals surface area contributed by atoms with Crippen LogP contribution in [-0.2, 0) is 9.53 Å². The molecule has 0 aliphatic heterocycles. The first-order valence-electron chi connectivity index (χ1n) is 7.31. The van der Waals surface area contributed by atoms with E-state index in [2.05, 4.69) is 5.32 Å². The van der Waals surface area contributed by atoms with Crippen molar-refractivity contribution in [2.45, 2.75) is 38.8 Å². The van der Waals surface area contributed by atoms with Crippen LogP contribution in [0.25, 0.3) is 10.8 Å². The maximum atomic E-state index is 12.0. The Morgan fingerprint density at radius 3 is 2.55 bits per heavy atom. The highest BCUT2D eigenvalue weighted by molar-refractivity contribution is 5.86. The molecular weight excluding hydrogens is 278 g/mol.